The van der Waals surface area contributed by atoms with Gasteiger partial charge in [-0.1, -0.05) is 36.4 Å². The van der Waals surface area contributed by atoms with Crippen molar-refractivity contribution < 1.29 is 9.47 Å². The molecule has 0 saturated carbocycles. The van der Waals surface area contributed by atoms with E-state index in [1.54, 1.807) is 18.8 Å². The van der Waals surface area contributed by atoms with E-state index < -0.39 is 0 Å². The van der Waals surface area contributed by atoms with Crippen molar-refractivity contribution in [2.45, 2.75) is 38.6 Å². The van der Waals surface area contributed by atoms with Gasteiger partial charge in [0, 0.05) is 12.5 Å². The fraction of sp³-hybridized carbons (Fsp3) is 0.320. The smallest absolute Gasteiger partial charge is 0.328 e. The number of imidazole rings is 1. The SMILES string of the molecule is COc1ccc(Cc2nc3c([nH]c(=O)n3C(C)CCCc3ccccc3)c(=O)[nH]2)cc1OC. The summed E-state index contributed by atoms with van der Waals surface area (Å²) in [5, 5.41) is 0. The number of fused-ring (bicyclic) bond motifs is 1. The minimum atomic E-state index is -0.359. The number of H-pyrrole nitrogens is 2. The molecule has 1 unspecified atom stereocenters. The predicted molar refractivity (Wildman–Crippen MR) is 127 cm³/mol. The van der Waals surface area contributed by atoms with Crippen LogP contribution < -0.4 is 20.7 Å². The second kappa shape index (κ2) is 9.77. The Kier molecular flexibility index (Phi) is 6.63. The van der Waals surface area contributed by atoms with Gasteiger partial charge in [0.15, 0.2) is 22.7 Å². The number of aromatic amines is 2. The average molecular weight is 449 g/mol. The lowest BCUT2D eigenvalue weighted by Crippen LogP contribution is -2.21. The molecule has 8 heteroatoms. The zero-order valence-electron chi connectivity index (χ0n) is 19.1. The predicted octanol–water partition coefficient (Wildman–Crippen LogP) is 3.60. The van der Waals surface area contributed by atoms with Gasteiger partial charge in [0.1, 0.15) is 5.82 Å². The highest BCUT2D eigenvalue weighted by molar-refractivity contribution is 5.69. The quantitative estimate of drug-likeness (QED) is 0.407. The Labute approximate surface area is 191 Å². The molecule has 0 bridgehead atoms. The second-order valence-electron chi connectivity index (χ2n) is 8.10. The zero-order chi connectivity index (χ0) is 23.4. The summed E-state index contributed by atoms with van der Waals surface area (Å²) in [6.45, 7) is 1.98. The van der Waals surface area contributed by atoms with Crippen LogP contribution in [0.5, 0.6) is 11.5 Å². The maximum Gasteiger partial charge on any atom is 0.328 e. The van der Waals surface area contributed by atoms with Crippen molar-refractivity contribution >= 4 is 11.2 Å². The molecule has 0 aliphatic carbocycles. The Morgan fingerprint density at radius 2 is 1.73 bits per heavy atom. The van der Waals surface area contributed by atoms with Crippen LogP contribution in [0.2, 0.25) is 0 Å². The van der Waals surface area contributed by atoms with E-state index in [1.807, 2.05) is 43.3 Å². The Bertz CT molecular complexity index is 1350. The van der Waals surface area contributed by atoms with Gasteiger partial charge < -0.3 is 14.5 Å². The molecular formula is C25H28N4O4. The molecule has 4 rings (SSSR count). The van der Waals surface area contributed by atoms with Crippen LogP contribution in [0.1, 0.15) is 42.8 Å². The lowest BCUT2D eigenvalue weighted by atomic mass is 10.1. The molecule has 33 heavy (non-hydrogen) atoms. The molecular weight excluding hydrogens is 420 g/mol. The van der Waals surface area contributed by atoms with Crippen LogP contribution in [-0.4, -0.2) is 33.7 Å². The van der Waals surface area contributed by atoms with E-state index in [-0.39, 0.29) is 22.8 Å². The molecule has 0 saturated heterocycles. The number of aromatic nitrogens is 4. The first-order valence-corrected chi connectivity index (χ1v) is 11.0. The first kappa shape index (κ1) is 22.4. The van der Waals surface area contributed by atoms with E-state index in [0.29, 0.717) is 29.4 Å². The van der Waals surface area contributed by atoms with Crippen molar-refractivity contribution in [1.82, 2.24) is 19.5 Å². The first-order chi connectivity index (χ1) is 16.0. The van der Waals surface area contributed by atoms with Crippen LogP contribution in [0.3, 0.4) is 0 Å². The molecule has 1 atom stereocenters. The van der Waals surface area contributed by atoms with Gasteiger partial charge in [-0.3, -0.25) is 14.3 Å². The van der Waals surface area contributed by atoms with E-state index >= 15 is 0 Å². The fourth-order valence-electron chi connectivity index (χ4n) is 4.11. The molecule has 8 nitrogen and oxygen atoms in total. The van der Waals surface area contributed by atoms with Crippen LogP contribution in [0.4, 0.5) is 0 Å². The highest BCUT2D eigenvalue weighted by atomic mass is 16.5. The molecule has 0 amide bonds. The number of nitrogens with one attached hydrogen (secondary N) is 2. The van der Waals surface area contributed by atoms with Gasteiger partial charge in [-0.25, -0.2) is 9.78 Å². The molecule has 0 fully saturated rings. The summed E-state index contributed by atoms with van der Waals surface area (Å²) in [5.74, 6) is 1.70. The molecule has 2 heterocycles. The van der Waals surface area contributed by atoms with Crippen molar-refractivity contribution in [2.24, 2.45) is 0 Å². The second-order valence-corrected chi connectivity index (χ2v) is 8.10. The van der Waals surface area contributed by atoms with Crippen molar-refractivity contribution in [3.05, 3.63) is 86.3 Å². The van der Waals surface area contributed by atoms with Crippen molar-refractivity contribution in [3.8, 4) is 11.5 Å². The number of hydrogen-bond donors (Lipinski definition) is 2. The number of nitrogens with zero attached hydrogens (tertiary/aromatic N) is 2. The molecule has 2 aromatic carbocycles. The Balaban J connectivity index is 1.59. The summed E-state index contributed by atoms with van der Waals surface area (Å²) in [7, 11) is 3.15. The van der Waals surface area contributed by atoms with Gasteiger partial charge >= 0.3 is 5.69 Å². The molecule has 2 N–H and O–H groups in total. The summed E-state index contributed by atoms with van der Waals surface area (Å²) in [4.78, 5) is 35.5. The molecule has 0 spiro atoms. The van der Waals surface area contributed by atoms with Gasteiger partial charge in [0.05, 0.1) is 14.2 Å². The van der Waals surface area contributed by atoms with Crippen LogP contribution in [0, 0.1) is 0 Å². The number of benzene rings is 2. The van der Waals surface area contributed by atoms with Crippen molar-refractivity contribution in [3.63, 3.8) is 0 Å². The average Bonchev–Trinajstić information content (AvgIpc) is 3.16. The number of methoxy groups -OCH3 is 2. The van der Waals surface area contributed by atoms with Crippen LogP contribution >= 0.6 is 0 Å². The van der Waals surface area contributed by atoms with Crippen LogP contribution in [0.25, 0.3) is 11.2 Å². The van der Waals surface area contributed by atoms with Gasteiger partial charge in [-0.2, -0.15) is 0 Å². The Morgan fingerprint density at radius 1 is 0.970 bits per heavy atom. The van der Waals surface area contributed by atoms with Crippen molar-refractivity contribution in [1.29, 1.82) is 0 Å². The van der Waals surface area contributed by atoms with Gasteiger partial charge in [0.25, 0.3) is 5.56 Å². The summed E-state index contributed by atoms with van der Waals surface area (Å²) in [6, 6.07) is 15.7. The van der Waals surface area contributed by atoms with Gasteiger partial charge in [-0.15, -0.1) is 0 Å². The molecule has 2 aromatic heterocycles. The molecule has 0 radical (unpaired) electrons. The van der Waals surface area contributed by atoms with Gasteiger partial charge in [-0.05, 0) is 49.4 Å². The van der Waals surface area contributed by atoms with E-state index in [0.717, 1.165) is 24.8 Å². The summed E-state index contributed by atoms with van der Waals surface area (Å²) in [5.41, 5.74) is 2.07. The first-order valence-electron chi connectivity index (χ1n) is 11.0. The lowest BCUT2D eigenvalue weighted by Gasteiger charge is -2.13. The number of hydrogen-bond acceptors (Lipinski definition) is 5. The maximum atomic E-state index is 12.7. The van der Waals surface area contributed by atoms with Gasteiger partial charge in [0.2, 0.25) is 0 Å². The van der Waals surface area contributed by atoms with E-state index in [9.17, 15) is 9.59 Å². The number of ether oxygens (including phenoxy) is 2. The maximum absolute atomic E-state index is 12.7. The topological polar surface area (TPSA) is 102 Å². The summed E-state index contributed by atoms with van der Waals surface area (Å²) >= 11 is 0. The number of rotatable bonds is 9. The third-order valence-corrected chi connectivity index (χ3v) is 5.82. The Hall–Kier alpha value is -3.81. The molecule has 4 aromatic rings. The molecule has 0 aliphatic heterocycles. The molecule has 172 valence electrons. The number of aryl methyl sites for hydroxylation is 1. The minimum Gasteiger partial charge on any atom is -0.493 e. The highest BCUT2D eigenvalue weighted by Crippen LogP contribution is 2.28. The largest absolute Gasteiger partial charge is 0.493 e. The van der Waals surface area contributed by atoms with E-state index in [1.165, 1.54) is 5.56 Å². The third kappa shape index (κ3) is 4.84. The van der Waals surface area contributed by atoms with Crippen LogP contribution in [-0.2, 0) is 12.8 Å². The molecule has 0 aliphatic rings. The van der Waals surface area contributed by atoms with E-state index in [4.69, 9.17) is 9.47 Å². The Morgan fingerprint density at radius 3 is 2.45 bits per heavy atom. The zero-order valence-corrected chi connectivity index (χ0v) is 19.1. The standard InChI is InChI=1S/C25H28N4O4/c1-16(8-7-11-17-9-5-4-6-10-17)29-23-22(28-25(29)31)24(30)27-21(26-23)15-18-12-13-19(32-2)20(14-18)33-3/h4-6,9-10,12-14,16H,7-8,11,15H2,1-3H3,(H,28,31)(H,26,27,30). The monoisotopic (exact) mass is 448 g/mol. The normalized spacial score (nSPS) is 12.1. The third-order valence-electron chi connectivity index (χ3n) is 5.82. The van der Waals surface area contributed by atoms with Crippen LogP contribution in [0.15, 0.2) is 58.1 Å². The fourth-order valence-corrected chi connectivity index (χ4v) is 4.11. The highest BCUT2D eigenvalue weighted by Gasteiger charge is 2.18. The summed E-state index contributed by atoms with van der Waals surface area (Å²) < 4.78 is 12.2. The minimum absolute atomic E-state index is 0.0989. The van der Waals surface area contributed by atoms with E-state index in [2.05, 4.69) is 27.1 Å². The summed E-state index contributed by atoms with van der Waals surface area (Å²) in [6.07, 6.45) is 3.03. The van der Waals surface area contributed by atoms with Crippen molar-refractivity contribution in [2.75, 3.05) is 14.2 Å². The lowest BCUT2D eigenvalue weighted by molar-refractivity contribution is 0.354.